The van der Waals surface area contributed by atoms with Gasteiger partial charge in [0.1, 0.15) is 0 Å². The molecule has 0 aromatic heterocycles. The molecular weight excluding hydrogens is 229 g/mol. The molecule has 17 heavy (non-hydrogen) atoms. The molecule has 0 amide bonds. The molecule has 0 fully saturated rings. The predicted octanol–water partition coefficient (Wildman–Crippen LogP) is 2.42. The van der Waals surface area contributed by atoms with Crippen molar-refractivity contribution >= 4 is 5.69 Å². The first-order valence-electron chi connectivity index (χ1n) is 5.56. The second kappa shape index (κ2) is 4.22. The van der Waals surface area contributed by atoms with Crippen molar-refractivity contribution in [2.45, 2.75) is 25.1 Å². The van der Waals surface area contributed by atoms with Crippen LogP contribution < -0.4 is 10.6 Å². The minimum atomic E-state index is -4.26. The van der Waals surface area contributed by atoms with E-state index in [-0.39, 0.29) is 6.04 Å². The summed E-state index contributed by atoms with van der Waals surface area (Å²) in [6.45, 7) is 0.551. The average molecular weight is 244 g/mol. The van der Waals surface area contributed by atoms with Crippen molar-refractivity contribution in [3.63, 3.8) is 0 Å². The van der Waals surface area contributed by atoms with Crippen LogP contribution in [0, 0.1) is 0 Å². The Labute approximate surface area is 98.2 Å². The van der Waals surface area contributed by atoms with Gasteiger partial charge in [0.15, 0.2) is 0 Å². The van der Waals surface area contributed by atoms with Crippen molar-refractivity contribution < 1.29 is 13.2 Å². The number of hydrogen-bond acceptors (Lipinski definition) is 2. The van der Waals surface area contributed by atoms with Gasteiger partial charge in [-0.25, -0.2) is 0 Å². The second-order valence-electron chi connectivity index (χ2n) is 4.39. The summed E-state index contributed by atoms with van der Waals surface area (Å²) in [7, 11) is 1.90. The molecule has 0 saturated carbocycles. The Hall–Kier alpha value is -1.23. The molecule has 1 aliphatic heterocycles. The van der Waals surface area contributed by atoms with E-state index in [1.807, 2.05) is 11.9 Å². The molecule has 1 unspecified atom stereocenters. The molecule has 1 heterocycles. The maximum Gasteiger partial charge on any atom is 0.416 e. The highest BCUT2D eigenvalue weighted by molar-refractivity contribution is 5.60. The SMILES string of the molecule is CN1c2ccc(C(F)(F)F)cc2CC1CCN. The molecule has 2 nitrogen and oxygen atoms in total. The number of hydrogen-bond donors (Lipinski definition) is 1. The number of alkyl halides is 3. The molecule has 2 rings (SSSR count). The Morgan fingerprint density at radius 3 is 2.71 bits per heavy atom. The van der Waals surface area contributed by atoms with E-state index >= 15 is 0 Å². The van der Waals surface area contributed by atoms with E-state index < -0.39 is 11.7 Å². The number of anilines is 1. The fourth-order valence-corrected chi connectivity index (χ4v) is 2.34. The number of benzene rings is 1. The summed E-state index contributed by atoms with van der Waals surface area (Å²) in [4.78, 5) is 2.02. The Morgan fingerprint density at radius 2 is 2.12 bits per heavy atom. The highest BCUT2D eigenvalue weighted by Crippen LogP contribution is 2.37. The van der Waals surface area contributed by atoms with E-state index in [2.05, 4.69) is 0 Å². The van der Waals surface area contributed by atoms with Crippen LogP contribution in [0.4, 0.5) is 18.9 Å². The summed E-state index contributed by atoms with van der Waals surface area (Å²) in [5.74, 6) is 0. The third-order valence-corrected chi connectivity index (χ3v) is 3.29. The van der Waals surface area contributed by atoms with Crippen molar-refractivity contribution in [2.24, 2.45) is 5.73 Å². The lowest BCUT2D eigenvalue weighted by Gasteiger charge is -2.21. The number of fused-ring (bicyclic) bond motifs is 1. The molecule has 1 aromatic rings. The van der Waals surface area contributed by atoms with Crippen LogP contribution in [0.15, 0.2) is 18.2 Å². The Balaban J connectivity index is 2.29. The number of likely N-dealkylation sites (N-methyl/N-ethyl adjacent to an activating group) is 1. The maximum absolute atomic E-state index is 12.6. The van der Waals surface area contributed by atoms with Gasteiger partial charge in [-0.05, 0) is 43.1 Å². The fourth-order valence-electron chi connectivity index (χ4n) is 2.34. The van der Waals surface area contributed by atoms with Crippen LogP contribution in [0.3, 0.4) is 0 Å². The Morgan fingerprint density at radius 1 is 1.41 bits per heavy atom. The van der Waals surface area contributed by atoms with E-state index in [9.17, 15) is 13.2 Å². The van der Waals surface area contributed by atoms with E-state index in [0.29, 0.717) is 13.0 Å². The minimum absolute atomic E-state index is 0.221. The molecule has 0 spiro atoms. The van der Waals surface area contributed by atoms with Crippen LogP contribution in [-0.4, -0.2) is 19.6 Å². The normalized spacial score (nSPS) is 19.6. The molecule has 0 radical (unpaired) electrons. The fraction of sp³-hybridized carbons (Fsp3) is 0.500. The molecule has 1 aromatic carbocycles. The summed E-state index contributed by atoms with van der Waals surface area (Å²) in [5, 5.41) is 0. The van der Waals surface area contributed by atoms with E-state index in [4.69, 9.17) is 5.73 Å². The van der Waals surface area contributed by atoms with Crippen molar-refractivity contribution in [2.75, 3.05) is 18.5 Å². The van der Waals surface area contributed by atoms with Gasteiger partial charge >= 0.3 is 6.18 Å². The molecule has 0 saturated heterocycles. The highest BCUT2D eigenvalue weighted by Gasteiger charge is 2.33. The molecular formula is C12H15F3N2. The lowest BCUT2D eigenvalue weighted by atomic mass is 10.0. The van der Waals surface area contributed by atoms with Crippen LogP contribution >= 0.6 is 0 Å². The van der Waals surface area contributed by atoms with Crippen LogP contribution in [0.25, 0.3) is 0 Å². The molecule has 1 atom stereocenters. The monoisotopic (exact) mass is 244 g/mol. The molecule has 0 bridgehead atoms. The van der Waals surface area contributed by atoms with Crippen molar-refractivity contribution in [1.29, 1.82) is 0 Å². The van der Waals surface area contributed by atoms with Crippen LogP contribution in [0.2, 0.25) is 0 Å². The van der Waals surface area contributed by atoms with E-state index in [1.165, 1.54) is 6.07 Å². The molecule has 94 valence electrons. The standard InChI is InChI=1S/C12H15F3N2/c1-17-10(4-5-16)7-8-6-9(12(13,14)15)2-3-11(8)17/h2-3,6,10H,4-5,7,16H2,1H3. The number of halogens is 3. The first-order valence-corrected chi connectivity index (χ1v) is 5.56. The van der Waals surface area contributed by atoms with Gasteiger partial charge < -0.3 is 10.6 Å². The van der Waals surface area contributed by atoms with Crippen LogP contribution in [-0.2, 0) is 12.6 Å². The van der Waals surface area contributed by atoms with Gasteiger partial charge in [-0.15, -0.1) is 0 Å². The zero-order chi connectivity index (χ0) is 12.6. The summed E-state index contributed by atoms with van der Waals surface area (Å²) in [6, 6.07) is 4.16. The van der Waals surface area contributed by atoms with Gasteiger partial charge in [-0.3, -0.25) is 0 Å². The van der Waals surface area contributed by atoms with Crippen molar-refractivity contribution in [3.8, 4) is 0 Å². The van der Waals surface area contributed by atoms with E-state index in [0.717, 1.165) is 23.7 Å². The third kappa shape index (κ3) is 2.24. The van der Waals surface area contributed by atoms with Crippen molar-refractivity contribution in [3.05, 3.63) is 29.3 Å². The smallest absolute Gasteiger partial charge is 0.371 e. The summed E-state index contributed by atoms with van der Waals surface area (Å²) in [6.07, 6.45) is -2.82. The van der Waals surface area contributed by atoms with E-state index in [1.54, 1.807) is 6.07 Å². The molecule has 2 N–H and O–H groups in total. The Bertz CT molecular complexity index is 415. The average Bonchev–Trinajstić information content (AvgIpc) is 2.55. The summed E-state index contributed by atoms with van der Waals surface area (Å²) < 4.78 is 37.7. The lowest BCUT2D eigenvalue weighted by molar-refractivity contribution is -0.137. The van der Waals surface area contributed by atoms with Crippen LogP contribution in [0.5, 0.6) is 0 Å². The molecule has 5 heteroatoms. The highest BCUT2D eigenvalue weighted by atomic mass is 19.4. The zero-order valence-corrected chi connectivity index (χ0v) is 9.59. The number of nitrogens with zero attached hydrogens (tertiary/aromatic N) is 1. The topological polar surface area (TPSA) is 29.3 Å². The Kier molecular flexibility index (Phi) is 3.03. The lowest BCUT2D eigenvalue weighted by Crippen LogP contribution is -2.29. The summed E-state index contributed by atoms with van der Waals surface area (Å²) in [5.41, 5.74) is 6.58. The maximum atomic E-state index is 12.6. The van der Waals surface area contributed by atoms with Crippen LogP contribution in [0.1, 0.15) is 17.5 Å². The van der Waals surface area contributed by atoms with Crippen molar-refractivity contribution in [1.82, 2.24) is 0 Å². The summed E-state index contributed by atoms with van der Waals surface area (Å²) >= 11 is 0. The minimum Gasteiger partial charge on any atom is -0.371 e. The number of rotatable bonds is 2. The van der Waals surface area contributed by atoms with Gasteiger partial charge in [0.25, 0.3) is 0 Å². The number of nitrogens with two attached hydrogens (primary N) is 1. The van der Waals surface area contributed by atoms with Gasteiger partial charge in [0.05, 0.1) is 5.56 Å². The molecule has 1 aliphatic rings. The van der Waals surface area contributed by atoms with Gasteiger partial charge in [0.2, 0.25) is 0 Å². The zero-order valence-electron chi connectivity index (χ0n) is 9.59. The van der Waals surface area contributed by atoms with Gasteiger partial charge in [-0.1, -0.05) is 0 Å². The third-order valence-electron chi connectivity index (χ3n) is 3.29. The van der Waals surface area contributed by atoms with Gasteiger partial charge in [0, 0.05) is 18.8 Å². The first-order chi connectivity index (χ1) is 7.93. The van der Waals surface area contributed by atoms with Gasteiger partial charge in [-0.2, -0.15) is 13.2 Å². The largest absolute Gasteiger partial charge is 0.416 e. The predicted molar refractivity (Wildman–Crippen MR) is 61.0 cm³/mol. The quantitative estimate of drug-likeness (QED) is 0.865. The second-order valence-corrected chi connectivity index (χ2v) is 4.39. The molecule has 0 aliphatic carbocycles. The first kappa shape index (κ1) is 12.2.